The van der Waals surface area contributed by atoms with Crippen LogP contribution in [0.1, 0.15) is 56.5 Å². The van der Waals surface area contributed by atoms with E-state index >= 15 is 0 Å². The van der Waals surface area contributed by atoms with Crippen LogP contribution in [0.5, 0.6) is 0 Å². The average Bonchev–Trinajstić information content (AvgIpc) is 3.12. The van der Waals surface area contributed by atoms with Crippen LogP contribution in [0.4, 0.5) is 0 Å². The second-order valence-electron chi connectivity index (χ2n) is 11.8. The van der Waals surface area contributed by atoms with Crippen LogP contribution in [0.15, 0.2) is 78.9 Å². The van der Waals surface area contributed by atoms with Crippen molar-refractivity contribution in [1.82, 2.24) is 0 Å². The number of aliphatic hydroxyl groups excluding tert-OH is 1. The molecule has 0 radical (unpaired) electrons. The van der Waals surface area contributed by atoms with Crippen LogP contribution < -0.4 is 0 Å². The normalized spacial score (nSPS) is 33.6. The topological polar surface area (TPSA) is 108 Å². The molecule has 2 saturated carbocycles. The van der Waals surface area contributed by atoms with Gasteiger partial charge in [0.25, 0.3) is 0 Å². The quantitative estimate of drug-likeness (QED) is 0.235. The summed E-state index contributed by atoms with van der Waals surface area (Å²) in [6, 6.07) is 17.7. The van der Waals surface area contributed by atoms with Gasteiger partial charge in [-0.15, -0.1) is 0 Å². The van der Waals surface area contributed by atoms with Gasteiger partial charge < -0.3 is 24.1 Å². The molecule has 1 saturated heterocycles. The second kappa shape index (κ2) is 10.6. The third-order valence-corrected chi connectivity index (χ3v) is 8.94. The number of fused-ring (bicyclic) bond motifs is 1. The summed E-state index contributed by atoms with van der Waals surface area (Å²) in [4.78, 5) is 39.1. The van der Waals surface area contributed by atoms with Gasteiger partial charge in [0.15, 0.2) is 6.10 Å². The summed E-state index contributed by atoms with van der Waals surface area (Å²) < 4.78 is 24.9. The Morgan fingerprint density at radius 1 is 0.976 bits per heavy atom. The Morgan fingerprint density at radius 3 is 2.24 bits per heavy atom. The van der Waals surface area contributed by atoms with E-state index in [1.54, 1.807) is 57.2 Å². The fourth-order valence-electron chi connectivity index (χ4n) is 7.16. The minimum atomic E-state index is -1.43. The molecule has 216 valence electrons. The first-order valence-electron chi connectivity index (χ1n) is 13.9. The summed E-state index contributed by atoms with van der Waals surface area (Å²) in [6.07, 6.45) is -0.581. The first-order valence-corrected chi connectivity index (χ1v) is 13.9. The zero-order chi connectivity index (χ0) is 29.6. The largest absolute Gasteiger partial charge is 0.462 e. The number of ether oxygens (including phenoxy) is 4. The van der Waals surface area contributed by atoms with Crippen LogP contribution in [-0.4, -0.2) is 58.6 Å². The Kier molecular flexibility index (Phi) is 7.42. The van der Waals surface area contributed by atoms with E-state index in [2.05, 4.69) is 6.58 Å². The van der Waals surface area contributed by atoms with Crippen LogP contribution >= 0.6 is 0 Å². The highest BCUT2D eigenvalue weighted by Crippen LogP contribution is 2.67. The molecule has 3 fully saturated rings. The first-order chi connectivity index (χ1) is 19.4. The van der Waals surface area contributed by atoms with Crippen LogP contribution in [0.2, 0.25) is 0 Å². The predicted molar refractivity (Wildman–Crippen MR) is 150 cm³/mol. The third-order valence-electron chi connectivity index (χ3n) is 8.94. The number of esters is 3. The smallest absolute Gasteiger partial charge is 0.338 e. The van der Waals surface area contributed by atoms with Crippen molar-refractivity contribution in [3.05, 3.63) is 90.0 Å². The van der Waals surface area contributed by atoms with Crippen molar-refractivity contribution in [2.24, 2.45) is 11.3 Å². The summed E-state index contributed by atoms with van der Waals surface area (Å²) >= 11 is 0. The SMILES string of the molecule is C=C1CC[C@H](OC(C)=O)[C@@]2(C)[C@@H](OC(=O)c3ccccc3)[C@@H](OC(=O)/C=C/c3ccccc3)[C@@H]3[C@@H](O)[C@]12OC3(C)C. The molecule has 0 aromatic heterocycles. The number of aliphatic hydroxyl groups is 1. The number of carbonyl (C=O) groups is 3. The molecule has 5 rings (SSSR count). The van der Waals surface area contributed by atoms with Crippen LogP contribution in [-0.2, 0) is 28.5 Å². The maximum Gasteiger partial charge on any atom is 0.338 e. The minimum Gasteiger partial charge on any atom is -0.462 e. The van der Waals surface area contributed by atoms with Gasteiger partial charge in [-0.25, -0.2) is 9.59 Å². The molecule has 2 aromatic rings. The summed E-state index contributed by atoms with van der Waals surface area (Å²) in [5, 5.41) is 12.0. The van der Waals surface area contributed by atoms with Crippen LogP contribution in [0.25, 0.3) is 6.08 Å². The highest BCUT2D eigenvalue weighted by atomic mass is 16.6. The molecule has 1 N–H and O–H groups in total. The molecule has 0 unspecified atom stereocenters. The molecule has 2 aromatic carbocycles. The molecule has 7 atom stereocenters. The van der Waals surface area contributed by atoms with Gasteiger partial charge in [0.05, 0.1) is 28.6 Å². The maximum atomic E-state index is 13.5. The van der Waals surface area contributed by atoms with Gasteiger partial charge in [-0.1, -0.05) is 55.1 Å². The predicted octanol–water partition coefficient (Wildman–Crippen LogP) is 4.66. The van der Waals surface area contributed by atoms with Gasteiger partial charge >= 0.3 is 17.9 Å². The summed E-state index contributed by atoms with van der Waals surface area (Å²) in [5.74, 6) is -2.63. The minimum absolute atomic E-state index is 0.302. The van der Waals surface area contributed by atoms with Crippen molar-refractivity contribution in [1.29, 1.82) is 0 Å². The highest BCUT2D eigenvalue weighted by molar-refractivity contribution is 5.90. The van der Waals surface area contributed by atoms with Crippen molar-refractivity contribution in [3.8, 4) is 0 Å². The molecule has 1 aliphatic heterocycles. The molecule has 3 aliphatic rings. The molecule has 0 amide bonds. The third kappa shape index (κ3) is 4.69. The maximum absolute atomic E-state index is 13.5. The van der Waals surface area contributed by atoms with Gasteiger partial charge in [-0.05, 0) is 63.0 Å². The van der Waals surface area contributed by atoms with Crippen molar-refractivity contribution >= 4 is 24.0 Å². The van der Waals surface area contributed by atoms with Gasteiger partial charge in [0, 0.05) is 13.0 Å². The lowest BCUT2D eigenvalue weighted by Gasteiger charge is -2.60. The molecule has 41 heavy (non-hydrogen) atoms. The van der Waals surface area contributed by atoms with Gasteiger partial charge in [-0.2, -0.15) is 0 Å². The first kappa shape index (κ1) is 28.8. The lowest BCUT2D eigenvalue weighted by Crippen LogP contribution is -2.74. The number of rotatable bonds is 6. The molecule has 1 spiro atoms. The van der Waals surface area contributed by atoms with E-state index in [1.807, 2.05) is 30.3 Å². The molecular formula is C33H36O8. The van der Waals surface area contributed by atoms with Gasteiger partial charge in [0.2, 0.25) is 0 Å². The molecule has 8 heteroatoms. The van der Waals surface area contributed by atoms with E-state index in [0.717, 1.165) is 5.56 Å². The number of carbonyl (C=O) groups excluding carboxylic acids is 3. The second-order valence-corrected chi connectivity index (χ2v) is 11.8. The van der Waals surface area contributed by atoms with E-state index in [-0.39, 0.29) is 0 Å². The Balaban J connectivity index is 1.62. The molecule has 8 nitrogen and oxygen atoms in total. The fraction of sp³-hybridized carbons (Fsp3) is 0.424. The lowest BCUT2D eigenvalue weighted by atomic mass is 9.50. The number of hydrogen-bond acceptors (Lipinski definition) is 8. The van der Waals surface area contributed by atoms with Gasteiger partial charge in [0.1, 0.15) is 17.8 Å². The van der Waals surface area contributed by atoms with E-state index in [0.29, 0.717) is 24.0 Å². The van der Waals surface area contributed by atoms with E-state index in [1.165, 1.54) is 13.0 Å². The number of hydrogen-bond donors (Lipinski definition) is 1. The van der Waals surface area contributed by atoms with Crippen molar-refractivity contribution in [2.75, 3.05) is 0 Å². The molecule has 1 heterocycles. The Labute approximate surface area is 239 Å². The van der Waals surface area contributed by atoms with E-state index in [4.69, 9.17) is 18.9 Å². The average molecular weight is 561 g/mol. The van der Waals surface area contributed by atoms with Crippen molar-refractivity contribution in [2.45, 2.75) is 76.2 Å². The fourth-order valence-corrected chi connectivity index (χ4v) is 7.16. The summed E-state index contributed by atoms with van der Waals surface area (Å²) in [7, 11) is 0. The summed E-state index contributed by atoms with van der Waals surface area (Å²) in [5.41, 5.74) is -2.09. The van der Waals surface area contributed by atoms with Gasteiger partial charge in [-0.3, -0.25) is 4.79 Å². The lowest BCUT2D eigenvalue weighted by molar-refractivity contribution is -0.261. The molecular weight excluding hydrogens is 524 g/mol. The zero-order valence-electron chi connectivity index (χ0n) is 23.7. The van der Waals surface area contributed by atoms with Crippen molar-refractivity contribution in [3.63, 3.8) is 0 Å². The Bertz CT molecular complexity index is 1370. The molecule has 2 aliphatic carbocycles. The number of benzene rings is 2. The molecule has 2 bridgehead atoms. The monoisotopic (exact) mass is 560 g/mol. The van der Waals surface area contributed by atoms with Crippen molar-refractivity contribution < 1.29 is 38.4 Å². The standard InChI is InChI=1S/C33H36O8/c1-20-16-18-24(38-21(2)34)32(5)29(40-30(37)23-14-10-7-11-15-23)27(26-28(36)33(20,32)41-31(26,3)4)39-25(35)19-17-22-12-8-6-9-13-22/h6-15,17,19,24,26-29,36H,1,16,18H2,2-5H3/b19-17+/t24-,26+,27-,28+,29-,32-,33+/m0/s1. The van der Waals surface area contributed by atoms with Crippen LogP contribution in [0, 0.1) is 11.3 Å². The van der Waals surface area contributed by atoms with Crippen LogP contribution in [0.3, 0.4) is 0 Å². The van der Waals surface area contributed by atoms with E-state index < -0.39 is 64.9 Å². The Morgan fingerprint density at radius 2 is 1.61 bits per heavy atom. The Hall–Kier alpha value is -3.75. The van der Waals surface area contributed by atoms with E-state index in [9.17, 15) is 19.5 Å². The zero-order valence-corrected chi connectivity index (χ0v) is 23.7. The summed E-state index contributed by atoms with van der Waals surface area (Å²) in [6.45, 7) is 11.0. The highest BCUT2D eigenvalue weighted by Gasteiger charge is 2.80.